The summed E-state index contributed by atoms with van der Waals surface area (Å²) in [5.41, 5.74) is 0.536. The largest absolute Gasteiger partial charge is 0.494 e. The second kappa shape index (κ2) is 11.9. The third-order valence-electron chi connectivity index (χ3n) is 6.35. The van der Waals surface area contributed by atoms with E-state index in [9.17, 15) is 18.4 Å². The van der Waals surface area contributed by atoms with Gasteiger partial charge in [-0.2, -0.15) is 5.26 Å². The number of rotatable bonds is 7. The average molecular weight is 499 g/mol. The number of benzene rings is 2. The summed E-state index contributed by atoms with van der Waals surface area (Å²) >= 11 is 0. The third kappa shape index (κ3) is 6.17. The highest BCUT2D eigenvalue weighted by atomic mass is 19.2. The lowest BCUT2D eigenvalue weighted by Gasteiger charge is -2.43. The van der Waals surface area contributed by atoms with Gasteiger partial charge in [0.25, 0.3) is 5.91 Å². The number of nitriles is 1. The minimum absolute atomic E-state index is 0.00938. The first kappa shape index (κ1) is 25.5. The van der Waals surface area contributed by atoms with Crippen molar-refractivity contribution in [2.24, 2.45) is 0 Å². The van der Waals surface area contributed by atoms with Crippen molar-refractivity contribution in [1.29, 1.82) is 5.26 Å². The molecule has 2 aliphatic heterocycles. The molecule has 2 aromatic carbocycles. The first-order chi connectivity index (χ1) is 17.5. The van der Waals surface area contributed by atoms with Gasteiger partial charge in [-0.15, -0.1) is 0 Å². The molecule has 2 fully saturated rings. The molecule has 10 heteroatoms. The number of halogens is 2. The minimum Gasteiger partial charge on any atom is -0.494 e. The van der Waals surface area contributed by atoms with E-state index >= 15 is 0 Å². The van der Waals surface area contributed by atoms with Gasteiger partial charge in [0.1, 0.15) is 11.8 Å². The number of piperazine rings is 1. The van der Waals surface area contributed by atoms with E-state index in [-0.39, 0.29) is 18.0 Å². The van der Waals surface area contributed by atoms with Crippen molar-refractivity contribution in [3.05, 3.63) is 65.2 Å². The van der Waals surface area contributed by atoms with E-state index in [1.807, 2.05) is 0 Å². The molecule has 0 saturated carbocycles. The number of carbonyl (C=O) groups is 2. The Hall–Kier alpha value is -3.55. The number of amides is 2. The lowest BCUT2D eigenvalue weighted by atomic mass is 10.1. The lowest BCUT2D eigenvalue weighted by molar-refractivity contribution is -0.142. The van der Waals surface area contributed by atoms with Gasteiger partial charge in [-0.1, -0.05) is 6.07 Å². The molecule has 8 nitrogen and oxygen atoms in total. The Bertz CT molecular complexity index is 1130. The number of ether oxygens (including phenoxy) is 2. The second-order valence-electron chi connectivity index (χ2n) is 8.72. The maximum absolute atomic E-state index is 13.8. The van der Waals surface area contributed by atoms with Crippen LogP contribution in [0.15, 0.2) is 42.5 Å². The first-order valence-electron chi connectivity index (χ1n) is 11.9. The van der Waals surface area contributed by atoms with Gasteiger partial charge in [-0.25, -0.2) is 8.78 Å². The van der Waals surface area contributed by atoms with Gasteiger partial charge in [0.15, 0.2) is 11.6 Å². The molecule has 4 rings (SSSR count). The molecule has 1 atom stereocenters. The van der Waals surface area contributed by atoms with E-state index in [1.165, 1.54) is 11.0 Å². The summed E-state index contributed by atoms with van der Waals surface area (Å²) < 4.78 is 38.3. The maximum Gasteiger partial charge on any atom is 0.254 e. The fourth-order valence-electron chi connectivity index (χ4n) is 4.42. The zero-order chi connectivity index (χ0) is 25.5. The summed E-state index contributed by atoms with van der Waals surface area (Å²) in [7, 11) is 0. The highest BCUT2D eigenvalue weighted by molar-refractivity contribution is 5.97. The molecule has 0 spiro atoms. The van der Waals surface area contributed by atoms with Gasteiger partial charge in [-0.05, 0) is 42.8 Å². The zero-order valence-corrected chi connectivity index (χ0v) is 19.9. The molecule has 0 aliphatic carbocycles. The maximum atomic E-state index is 13.8. The molecule has 36 heavy (non-hydrogen) atoms. The van der Waals surface area contributed by atoms with Crippen molar-refractivity contribution in [1.82, 2.24) is 14.7 Å². The minimum atomic E-state index is -1.10. The summed E-state index contributed by atoms with van der Waals surface area (Å²) in [6.07, 6.45) is 0.687. The molecule has 2 amide bonds. The predicted octanol–water partition coefficient (Wildman–Crippen LogP) is 2.29. The summed E-state index contributed by atoms with van der Waals surface area (Å²) in [5.74, 6) is -2.18. The van der Waals surface area contributed by atoms with Crippen LogP contribution in [0.2, 0.25) is 0 Å². The summed E-state index contributed by atoms with van der Waals surface area (Å²) in [6.45, 7) is 3.98. The Morgan fingerprint density at radius 3 is 2.61 bits per heavy atom. The van der Waals surface area contributed by atoms with Crippen LogP contribution in [0.3, 0.4) is 0 Å². The quantitative estimate of drug-likeness (QED) is 0.545. The Morgan fingerprint density at radius 1 is 1.06 bits per heavy atom. The molecular formula is C26H28F2N4O4. The average Bonchev–Trinajstić information content (AvgIpc) is 2.92. The Labute approximate surface area is 208 Å². The number of hydrogen-bond donors (Lipinski definition) is 0. The normalized spacial score (nSPS) is 18.5. The summed E-state index contributed by atoms with van der Waals surface area (Å²) in [4.78, 5) is 31.9. The summed E-state index contributed by atoms with van der Waals surface area (Å²) in [5, 5.41) is 9.01. The highest BCUT2D eigenvalue weighted by Gasteiger charge is 2.38. The highest BCUT2D eigenvalue weighted by Crippen LogP contribution is 2.19. The fourth-order valence-corrected chi connectivity index (χ4v) is 4.42. The van der Waals surface area contributed by atoms with Crippen LogP contribution in [0.4, 0.5) is 8.78 Å². The van der Waals surface area contributed by atoms with E-state index in [0.29, 0.717) is 70.3 Å². The Kier molecular flexibility index (Phi) is 8.46. The molecule has 2 aromatic rings. The molecule has 0 N–H and O–H groups in total. The van der Waals surface area contributed by atoms with E-state index in [1.54, 1.807) is 29.2 Å². The Balaban J connectivity index is 1.40. The van der Waals surface area contributed by atoms with Gasteiger partial charge in [0, 0.05) is 44.8 Å². The van der Waals surface area contributed by atoms with Crippen LogP contribution in [0.1, 0.15) is 22.3 Å². The first-order valence-corrected chi connectivity index (χ1v) is 11.9. The molecule has 1 unspecified atom stereocenters. The number of hydrogen-bond acceptors (Lipinski definition) is 6. The SMILES string of the molecule is N#Cc1cccc(OCCCN2CCN(C(=O)c3ccc(F)c(F)c3)C(C(=O)N3CCOCC3)C2)c1. The molecule has 0 bridgehead atoms. The smallest absolute Gasteiger partial charge is 0.254 e. The lowest BCUT2D eigenvalue weighted by Crippen LogP contribution is -2.62. The zero-order valence-electron chi connectivity index (χ0n) is 19.9. The van der Waals surface area contributed by atoms with Crippen LogP contribution in [0.5, 0.6) is 5.75 Å². The molecule has 2 saturated heterocycles. The fraction of sp³-hybridized carbons (Fsp3) is 0.423. The van der Waals surface area contributed by atoms with Crippen LogP contribution in [-0.4, -0.2) is 91.6 Å². The second-order valence-corrected chi connectivity index (χ2v) is 8.72. The molecule has 190 valence electrons. The van der Waals surface area contributed by atoms with Crippen LogP contribution in [0.25, 0.3) is 0 Å². The summed E-state index contributed by atoms with van der Waals surface area (Å²) in [6, 6.07) is 11.3. The molecular weight excluding hydrogens is 470 g/mol. The topological polar surface area (TPSA) is 86.1 Å². The van der Waals surface area contributed by atoms with Crippen molar-refractivity contribution >= 4 is 11.8 Å². The van der Waals surface area contributed by atoms with Crippen molar-refractivity contribution in [2.45, 2.75) is 12.5 Å². The van der Waals surface area contributed by atoms with Crippen LogP contribution < -0.4 is 4.74 Å². The van der Waals surface area contributed by atoms with Gasteiger partial charge in [-0.3, -0.25) is 14.5 Å². The van der Waals surface area contributed by atoms with Crippen molar-refractivity contribution < 1.29 is 27.8 Å². The van der Waals surface area contributed by atoms with Crippen molar-refractivity contribution in [2.75, 3.05) is 59.1 Å². The van der Waals surface area contributed by atoms with Crippen LogP contribution >= 0.6 is 0 Å². The number of carbonyl (C=O) groups excluding carboxylic acids is 2. The number of morpholine rings is 1. The van der Waals surface area contributed by atoms with Gasteiger partial charge in [0.05, 0.1) is 31.5 Å². The molecule has 0 radical (unpaired) electrons. The van der Waals surface area contributed by atoms with E-state index in [0.717, 1.165) is 12.1 Å². The number of nitrogens with zero attached hydrogens (tertiary/aromatic N) is 4. The van der Waals surface area contributed by atoms with Gasteiger partial charge >= 0.3 is 0 Å². The van der Waals surface area contributed by atoms with Crippen molar-refractivity contribution in [3.8, 4) is 11.8 Å². The standard InChI is InChI=1S/C26H28F2N4O4/c27-22-6-5-20(16-23(22)28)25(33)32-9-8-30(18-24(32)26(34)31-10-13-35-14-11-31)7-2-12-36-21-4-1-3-19(15-21)17-29/h1,3-6,15-16,24H,2,7-14,18H2. The monoisotopic (exact) mass is 498 g/mol. The Morgan fingerprint density at radius 2 is 1.86 bits per heavy atom. The van der Waals surface area contributed by atoms with Gasteiger partial charge < -0.3 is 19.3 Å². The van der Waals surface area contributed by atoms with E-state index in [2.05, 4.69) is 11.0 Å². The van der Waals surface area contributed by atoms with Crippen LogP contribution in [-0.2, 0) is 9.53 Å². The molecule has 2 aliphatic rings. The predicted molar refractivity (Wildman–Crippen MR) is 126 cm³/mol. The molecule has 2 heterocycles. The van der Waals surface area contributed by atoms with Gasteiger partial charge in [0.2, 0.25) is 5.91 Å². The van der Waals surface area contributed by atoms with Crippen LogP contribution in [0, 0.1) is 23.0 Å². The van der Waals surface area contributed by atoms with E-state index < -0.39 is 23.6 Å². The third-order valence-corrected chi connectivity index (χ3v) is 6.35. The van der Waals surface area contributed by atoms with Crippen molar-refractivity contribution in [3.63, 3.8) is 0 Å². The molecule has 0 aromatic heterocycles. The van der Waals surface area contributed by atoms with E-state index in [4.69, 9.17) is 14.7 Å².